The average Bonchev–Trinajstić information content (AvgIpc) is 2.41. The lowest BCUT2D eigenvalue weighted by Crippen LogP contribution is -2.41. The summed E-state index contributed by atoms with van der Waals surface area (Å²) in [6, 6.07) is 0.549. The van der Waals surface area contributed by atoms with Gasteiger partial charge in [0.05, 0.1) is 6.10 Å². The molecule has 1 atom stereocenters. The number of hydrogen-bond acceptors (Lipinski definition) is 2. The number of guanidine groups is 1. The molecule has 1 unspecified atom stereocenters. The van der Waals surface area contributed by atoms with Gasteiger partial charge in [-0.3, -0.25) is 4.99 Å². The molecule has 1 aliphatic heterocycles. The first-order chi connectivity index (χ1) is 8.84. The lowest BCUT2D eigenvalue weighted by atomic mass is 9.96. The molecule has 2 fully saturated rings. The molecule has 0 aromatic carbocycles. The van der Waals surface area contributed by atoms with Crippen LogP contribution in [-0.2, 0) is 4.74 Å². The van der Waals surface area contributed by atoms with Crippen molar-refractivity contribution in [2.24, 2.45) is 10.7 Å². The van der Waals surface area contributed by atoms with Gasteiger partial charge in [0.2, 0.25) is 0 Å². The van der Waals surface area contributed by atoms with Crippen LogP contribution in [-0.4, -0.2) is 31.3 Å². The maximum atomic E-state index is 5.92. The highest BCUT2D eigenvalue weighted by molar-refractivity contribution is 5.78. The van der Waals surface area contributed by atoms with E-state index >= 15 is 0 Å². The normalized spacial score (nSPS) is 27.1. The molecule has 3 N–H and O–H groups in total. The first kappa shape index (κ1) is 13.7. The Morgan fingerprint density at radius 1 is 1.11 bits per heavy atom. The SMILES string of the molecule is NC(=NCCC1CCCCO1)NC1CCCCC1. The summed E-state index contributed by atoms with van der Waals surface area (Å²) in [6.45, 7) is 1.71. The summed E-state index contributed by atoms with van der Waals surface area (Å²) in [5.41, 5.74) is 5.92. The average molecular weight is 253 g/mol. The van der Waals surface area contributed by atoms with E-state index in [0.29, 0.717) is 18.1 Å². The van der Waals surface area contributed by atoms with E-state index in [0.717, 1.165) is 19.6 Å². The highest BCUT2D eigenvalue weighted by Crippen LogP contribution is 2.17. The summed E-state index contributed by atoms with van der Waals surface area (Å²) in [4.78, 5) is 4.42. The molecular formula is C14H27N3O. The van der Waals surface area contributed by atoms with Crippen molar-refractivity contribution in [2.45, 2.75) is 69.9 Å². The van der Waals surface area contributed by atoms with Crippen LogP contribution in [0.5, 0.6) is 0 Å². The molecule has 0 aromatic heterocycles. The van der Waals surface area contributed by atoms with Crippen LogP contribution in [0.15, 0.2) is 4.99 Å². The van der Waals surface area contributed by atoms with E-state index in [2.05, 4.69) is 10.3 Å². The van der Waals surface area contributed by atoms with E-state index in [9.17, 15) is 0 Å². The van der Waals surface area contributed by atoms with Crippen molar-refractivity contribution < 1.29 is 4.74 Å². The highest BCUT2D eigenvalue weighted by atomic mass is 16.5. The van der Waals surface area contributed by atoms with Gasteiger partial charge in [-0.25, -0.2) is 0 Å². The lowest BCUT2D eigenvalue weighted by molar-refractivity contribution is 0.0129. The number of nitrogens with one attached hydrogen (secondary N) is 1. The Balaban J connectivity index is 1.61. The van der Waals surface area contributed by atoms with Crippen molar-refractivity contribution in [2.75, 3.05) is 13.2 Å². The van der Waals surface area contributed by atoms with E-state index in [-0.39, 0.29) is 0 Å². The van der Waals surface area contributed by atoms with Crippen LogP contribution in [0.4, 0.5) is 0 Å². The van der Waals surface area contributed by atoms with Gasteiger partial charge in [-0.1, -0.05) is 19.3 Å². The molecule has 1 heterocycles. The molecule has 1 aliphatic carbocycles. The van der Waals surface area contributed by atoms with Gasteiger partial charge in [0.15, 0.2) is 5.96 Å². The minimum atomic E-state index is 0.407. The van der Waals surface area contributed by atoms with Gasteiger partial charge >= 0.3 is 0 Å². The van der Waals surface area contributed by atoms with Crippen LogP contribution in [0.2, 0.25) is 0 Å². The zero-order valence-corrected chi connectivity index (χ0v) is 11.4. The third kappa shape index (κ3) is 4.84. The molecule has 0 amide bonds. The molecular weight excluding hydrogens is 226 g/mol. The van der Waals surface area contributed by atoms with E-state index < -0.39 is 0 Å². The maximum absolute atomic E-state index is 5.92. The Hall–Kier alpha value is -0.770. The highest BCUT2D eigenvalue weighted by Gasteiger charge is 2.14. The largest absolute Gasteiger partial charge is 0.378 e. The fourth-order valence-corrected chi connectivity index (χ4v) is 2.87. The Labute approximate surface area is 110 Å². The molecule has 0 radical (unpaired) electrons. The number of nitrogens with zero attached hydrogens (tertiary/aromatic N) is 1. The van der Waals surface area contributed by atoms with Crippen molar-refractivity contribution in [1.29, 1.82) is 0 Å². The molecule has 4 nitrogen and oxygen atoms in total. The zero-order chi connectivity index (χ0) is 12.6. The molecule has 2 aliphatic rings. The molecule has 0 spiro atoms. The number of rotatable bonds is 4. The predicted molar refractivity (Wildman–Crippen MR) is 74.7 cm³/mol. The van der Waals surface area contributed by atoms with Crippen LogP contribution in [0.25, 0.3) is 0 Å². The summed E-state index contributed by atoms with van der Waals surface area (Å²) >= 11 is 0. The fraction of sp³-hybridized carbons (Fsp3) is 0.929. The summed E-state index contributed by atoms with van der Waals surface area (Å²) in [5, 5.41) is 3.34. The first-order valence-corrected chi connectivity index (χ1v) is 7.52. The van der Waals surface area contributed by atoms with Crippen LogP contribution >= 0.6 is 0 Å². The van der Waals surface area contributed by atoms with E-state index in [1.54, 1.807) is 0 Å². The van der Waals surface area contributed by atoms with Crippen molar-refractivity contribution in [1.82, 2.24) is 5.32 Å². The molecule has 1 saturated carbocycles. The zero-order valence-electron chi connectivity index (χ0n) is 11.4. The Morgan fingerprint density at radius 3 is 2.61 bits per heavy atom. The molecule has 0 bridgehead atoms. The van der Waals surface area contributed by atoms with Crippen LogP contribution in [0.3, 0.4) is 0 Å². The van der Waals surface area contributed by atoms with Gasteiger partial charge in [0, 0.05) is 19.2 Å². The summed E-state index contributed by atoms with van der Waals surface area (Å²) in [6.07, 6.45) is 11.6. The van der Waals surface area contributed by atoms with Gasteiger partial charge in [-0.15, -0.1) is 0 Å². The fourth-order valence-electron chi connectivity index (χ4n) is 2.87. The summed E-state index contributed by atoms with van der Waals surface area (Å²) < 4.78 is 5.68. The minimum Gasteiger partial charge on any atom is -0.378 e. The number of ether oxygens (including phenoxy) is 1. The summed E-state index contributed by atoms with van der Waals surface area (Å²) in [5.74, 6) is 0.623. The molecule has 0 aromatic rings. The Bertz CT molecular complexity index is 256. The topological polar surface area (TPSA) is 59.6 Å². The van der Waals surface area contributed by atoms with Gasteiger partial charge < -0.3 is 15.8 Å². The van der Waals surface area contributed by atoms with Crippen molar-refractivity contribution in [3.8, 4) is 0 Å². The van der Waals surface area contributed by atoms with Gasteiger partial charge in [0.25, 0.3) is 0 Å². The summed E-state index contributed by atoms with van der Waals surface area (Å²) in [7, 11) is 0. The van der Waals surface area contributed by atoms with Crippen LogP contribution < -0.4 is 11.1 Å². The van der Waals surface area contributed by atoms with Gasteiger partial charge in [0.1, 0.15) is 0 Å². The minimum absolute atomic E-state index is 0.407. The van der Waals surface area contributed by atoms with E-state index in [4.69, 9.17) is 10.5 Å². The second kappa shape index (κ2) is 7.62. The van der Waals surface area contributed by atoms with Crippen molar-refractivity contribution in [3.63, 3.8) is 0 Å². The molecule has 1 saturated heterocycles. The van der Waals surface area contributed by atoms with Crippen molar-refractivity contribution in [3.05, 3.63) is 0 Å². The quantitative estimate of drug-likeness (QED) is 0.596. The van der Waals surface area contributed by atoms with Gasteiger partial charge in [-0.05, 0) is 38.5 Å². The van der Waals surface area contributed by atoms with E-state index in [1.165, 1.54) is 51.4 Å². The standard InChI is InChI=1S/C14H27N3O/c15-14(17-12-6-2-1-3-7-12)16-10-9-13-8-4-5-11-18-13/h12-13H,1-11H2,(H3,15,16,17). The lowest BCUT2D eigenvalue weighted by Gasteiger charge is -2.23. The second-order valence-electron chi connectivity index (χ2n) is 5.52. The smallest absolute Gasteiger partial charge is 0.188 e. The number of aliphatic imine (C=N–C) groups is 1. The monoisotopic (exact) mass is 253 g/mol. The molecule has 18 heavy (non-hydrogen) atoms. The van der Waals surface area contributed by atoms with Gasteiger partial charge in [-0.2, -0.15) is 0 Å². The van der Waals surface area contributed by atoms with Crippen molar-refractivity contribution >= 4 is 5.96 Å². The first-order valence-electron chi connectivity index (χ1n) is 7.52. The Kier molecular flexibility index (Phi) is 5.78. The third-order valence-electron chi connectivity index (χ3n) is 3.96. The molecule has 104 valence electrons. The molecule has 4 heteroatoms. The third-order valence-corrected chi connectivity index (χ3v) is 3.96. The second-order valence-corrected chi connectivity index (χ2v) is 5.52. The Morgan fingerprint density at radius 2 is 1.89 bits per heavy atom. The maximum Gasteiger partial charge on any atom is 0.188 e. The molecule has 2 rings (SSSR count). The number of hydrogen-bond donors (Lipinski definition) is 2. The number of nitrogens with two attached hydrogens (primary N) is 1. The van der Waals surface area contributed by atoms with E-state index in [1.807, 2.05) is 0 Å². The van der Waals surface area contributed by atoms with Crippen LogP contribution in [0, 0.1) is 0 Å². The van der Waals surface area contributed by atoms with Crippen LogP contribution in [0.1, 0.15) is 57.8 Å². The predicted octanol–water partition coefficient (Wildman–Crippen LogP) is 2.18.